The summed E-state index contributed by atoms with van der Waals surface area (Å²) in [6.45, 7) is 19.1. The summed E-state index contributed by atoms with van der Waals surface area (Å²) >= 11 is 0. The highest BCUT2D eigenvalue weighted by Gasteiger charge is 2.22. The van der Waals surface area contributed by atoms with Crippen LogP contribution in [0.4, 0.5) is 5.69 Å². The van der Waals surface area contributed by atoms with Crippen LogP contribution in [0.25, 0.3) is 22.3 Å². The zero-order chi connectivity index (χ0) is 28.6. The number of aromatic carboxylic acids is 1. The van der Waals surface area contributed by atoms with Gasteiger partial charge in [-0.2, -0.15) is 0 Å². The maximum Gasteiger partial charge on any atom is 0.335 e. The van der Waals surface area contributed by atoms with Gasteiger partial charge in [0.2, 0.25) is 0 Å². The Morgan fingerprint density at radius 3 is 2.13 bits per heavy atom. The Morgan fingerprint density at radius 1 is 0.897 bits per heavy atom. The number of nitrogens with zero attached hydrogens (tertiary/aromatic N) is 1. The molecule has 5 heteroatoms. The van der Waals surface area contributed by atoms with E-state index in [-0.39, 0.29) is 11.0 Å². The third-order valence-electron chi connectivity index (χ3n) is 7.05. The molecule has 0 aliphatic carbocycles. The molecule has 0 bridgehead atoms. The molecule has 0 saturated carbocycles. The maximum atomic E-state index is 11.3. The molecule has 0 aliphatic heterocycles. The van der Waals surface area contributed by atoms with Gasteiger partial charge in [0.25, 0.3) is 0 Å². The van der Waals surface area contributed by atoms with Crippen molar-refractivity contribution in [3.8, 4) is 28.0 Å². The number of carboxylic acid groups (broad SMARTS) is 1. The second kappa shape index (κ2) is 13.7. The molecule has 5 nitrogen and oxygen atoms in total. The first-order valence-corrected chi connectivity index (χ1v) is 14.3. The Labute approximate surface area is 235 Å². The molecule has 3 aromatic rings. The molecular formula is C34H46N2O3. The topological polar surface area (TPSA) is 61.8 Å². The second-order valence-corrected chi connectivity index (χ2v) is 11.4. The van der Waals surface area contributed by atoms with Crippen LogP contribution in [-0.2, 0) is 5.41 Å². The van der Waals surface area contributed by atoms with E-state index in [0.717, 1.165) is 60.5 Å². The summed E-state index contributed by atoms with van der Waals surface area (Å²) in [6.07, 6.45) is 2.04. The molecule has 0 fully saturated rings. The Balaban J connectivity index is 2.02. The SMILES string of the molecule is CCN(CC)c1ccc(-c2cc(-c3ccc(C(=O)O)cc3)ccc2OCCCCNC(C)C)cc1C(C)(C)C. The van der Waals surface area contributed by atoms with E-state index in [0.29, 0.717) is 12.6 Å². The molecule has 210 valence electrons. The van der Waals surface area contributed by atoms with Gasteiger partial charge in [-0.05, 0) is 97.3 Å². The van der Waals surface area contributed by atoms with E-state index in [4.69, 9.17) is 4.74 Å². The molecule has 0 aromatic heterocycles. The first kappa shape index (κ1) is 30.2. The molecule has 0 heterocycles. The standard InChI is InChI=1S/C34H46N2O3/c1-8-36(9-2)31-18-16-28(23-30(31)34(5,6)7)29-22-27(25-12-14-26(15-13-25)33(37)38)17-19-32(29)39-21-11-10-20-35-24(3)4/h12-19,22-24,35H,8-11,20-21H2,1-7H3,(H,37,38). The predicted octanol–water partition coefficient (Wildman–Crippen LogP) is 8.02. The molecule has 3 aromatic carbocycles. The monoisotopic (exact) mass is 530 g/mol. The number of hydrogen-bond donors (Lipinski definition) is 2. The van der Waals surface area contributed by atoms with Crippen molar-refractivity contribution in [1.82, 2.24) is 5.32 Å². The Kier molecular flexibility index (Phi) is 10.6. The minimum atomic E-state index is -0.919. The number of carboxylic acids is 1. The summed E-state index contributed by atoms with van der Waals surface area (Å²) in [5.74, 6) is -0.0502. The lowest BCUT2D eigenvalue weighted by Crippen LogP contribution is -2.26. The zero-order valence-electron chi connectivity index (χ0n) is 24.8. The van der Waals surface area contributed by atoms with Crippen molar-refractivity contribution in [1.29, 1.82) is 0 Å². The minimum Gasteiger partial charge on any atom is -0.493 e. The van der Waals surface area contributed by atoms with Crippen LogP contribution in [0.3, 0.4) is 0 Å². The lowest BCUT2D eigenvalue weighted by molar-refractivity contribution is 0.0697. The summed E-state index contributed by atoms with van der Waals surface area (Å²) in [5, 5.41) is 12.8. The van der Waals surface area contributed by atoms with Gasteiger partial charge in [0.1, 0.15) is 5.75 Å². The Hall–Kier alpha value is -3.31. The number of rotatable bonds is 13. The Bertz CT molecular complexity index is 1220. The van der Waals surface area contributed by atoms with Crippen molar-refractivity contribution in [2.75, 3.05) is 31.1 Å². The molecule has 39 heavy (non-hydrogen) atoms. The molecule has 0 spiro atoms. The van der Waals surface area contributed by atoms with Gasteiger partial charge < -0.3 is 20.1 Å². The second-order valence-electron chi connectivity index (χ2n) is 11.4. The molecular weight excluding hydrogens is 484 g/mol. The smallest absolute Gasteiger partial charge is 0.335 e. The average Bonchev–Trinajstić information content (AvgIpc) is 2.91. The van der Waals surface area contributed by atoms with E-state index in [9.17, 15) is 9.90 Å². The number of carbonyl (C=O) groups is 1. The van der Waals surface area contributed by atoms with Crippen molar-refractivity contribution in [3.63, 3.8) is 0 Å². The number of benzene rings is 3. The molecule has 0 unspecified atom stereocenters. The van der Waals surface area contributed by atoms with Crippen molar-refractivity contribution in [3.05, 3.63) is 71.8 Å². The highest BCUT2D eigenvalue weighted by Crippen LogP contribution is 2.40. The zero-order valence-corrected chi connectivity index (χ0v) is 24.8. The quantitative estimate of drug-likeness (QED) is 0.219. The van der Waals surface area contributed by atoms with Gasteiger partial charge in [0, 0.05) is 30.4 Å². The van der Waals surface area contributed by atoms with Gasteiger partial charge in [-0.15, -0.1) is 0 Å². The van der Waals surface area contributed by atoms with Gasteiger partial charge in [0.05, 0.1) is 12.2 Å². The average molecular weight is 531 g/mol. The minimum absolute atomic E-state index is 0.0252. The largest absolute Gasteiger partial charge is 0.493 e. The molecule has 0 atom stereocenters. The van der Waals surface area contributed by atoms with Gasteiger partial charge in [-0.1, -0.05) is 58.9 Å². The number of hydrogen-bond acceptors (Lipinski definition) is 4. The van der Waals surface area contributed by atoms with Crippen molar-refractivity contribution in [2.24, 2.45) is 0 Å². The van der Waals surface area contributed by atoms with E-state index in [1.807, 2.05) is 12.1 Å². The van der Waals surface area contributed by atoms with E-state index in [2.05, 4.69) is 95.1 Å². The lowest BCUT2D eigenvalue weighted by Gasteiger charge is -2.31. The molecule has 0 aliphatic rings. The highest BCUT2D eigenvalue weighted by atomic mass is 16.5. The van der Waals surface area contributed by atoms with Gasteiger partial charge in [0.15, 0.2) is 0 Å². The number of nitrogens with one attached hydrogen (secondary N) is 1. The molecule has 2 N–H and O–H groups in total. The number of anilines is 1. The van der Waals surface area contributed by atoms with Gasteiger partial charge >= 0.3 is 5.97 Å². The fraction of sp³-hybridized carbons (Fsp3) is 0.441. The fourth-order valence-electron chi connectivity index (χ4n) is 4.81. The predicted molar refractivity (Wildman–Crippen MR) is 164 cm³/mol. The van der Waals surface area contributed by atoms with Crippen LogP contribution in [0.5, 0.6) is 5.75 Å². The van der Waals surface area contributed by atoms with E-state index in [1.165, 1.54) is 11.3 Å². The lowest BCUT2D eigenvalue weighted by atomic mass is 9.83. The van der Waals surface area contributed by atoms with Gasteiger partial charge in [-0.3, -0.25) is 0 Å². The van der Waals surface area contributed by atoms with Crippen LogP contribution < -0.4 is 15.0 Å². The summed E-state index contributed by atoms with van der Waals surface area (Å²) in [7, 11) is 0. The first-order valence-electron chi connectivity index (χ1n) is 14.3. The van der Waals surface area contributed by atoms with Crippen LogP contribution in [0.1, 0.15) is 77.2 Å². The Morgan fingerprint density at radius 2 is 1.54 bits per heavy atom. The van der Waals surface area contributed by atoms with Crippen molar-refractivity contribution >= 4 is 11.7 Å². The molecule has 0 amide bonds. The van der Waals surface area contributed by atoms with Crippen LogP contribution in [0, 0.1) is 0 Å². The highest BCUT2D eigenvalue weighted by molar-refractivity contribution is 5.88. The fourth-order valence-corrected chi connectivity index (χ4v) is 4.81. The summed E-state index contributed by atoms with van der Waals surface area (Å²) in [5.41, 5.74) is 7.02. The summed E-state index contributed by atoms with van der Waals surface area (Å²) in [6, 6.07) is 20.6. The normalized spacial score (nSPS) is 11.6. The summed E-state index contributed by atoms with van der Waals surface area (Å²) in [4.78, 5) is 13.7. The molecule has 0 saturated heterocycles. The van der Waals surface area contributed by atoms with Crippen LogP contribution in [-0.4, -0.2) is 43.4 Å². The van der Waals surface area contributed by atoms with E-state index < -0.39 is 5.97 Å². The van der Waals surface area contributed by atoms with Crippen LogP contribution in [0.15, 0.2) is 60.7 Å². The van der Waals surface area contributed by atoms with E-state index >= 15 is 0 Å². The van der Waals surface area contributed by atoms with Crippen LogP contribution >= 0.6 is 0 Å². The number of unbranched alkanes of at least 4 members (excludes halogenated alkanes) is 1. The van der Waals surface area contributed by atoms with Crippen molar-refractivity contribution < 1.29 is 14.6 Å². The summed E-state index contributed by atoms with van der Waals surface area (Å²) < 4.78 is 6.37. The third kappa shape index (κ3) is 8.09. The first-order chi connectivity index (χ1) is 18.5. The van der Waals surface area contributed by atoms with Gasteiger partial charge in [-0.25, -0.2) is 4.79 Å². The molecule has 3 rings (SSSR count). The molecule has 0 radical (unpaired) electrons. The van der Waals surface area contributed by atoms with Crippen LogP contribution in [0.2, 0.25) is 0 Å². The van der Waals surface area contributed by atoms with E-state index in [1.54, 1.807) is 12.1 Å². The third-order valence-corrected chi connectivity index (χ3v) is 7.05. The van der Waals surface area contributed by atoms with Crippen molar-refractivity contribution in [2.45, 2.75) is 72.8 Å². The number of ether oxygens (including phenoxy) is 1. The maximum absolute atomic E-state index is 11.3.